The molecule has 20 heavy (non-hydrogen) atoms. The standard InChI is InChI=1S/C16H24ClN3/c1-2-11-20-15-9-8-13(17)12-14(15)19-16(20)7-5-3-4-6-10-18/h8-9,12H,2-7,10-11,18H2,1H3. The summed E-state index contributed by atoms with van der Waals surface area (Å²) in [6, 6.07) is 5.99. The molecule has 3 nitrogen and oxygen atoms in total. The van der Waals surface area contributed by atoms with E-state index in [-0.39, 0.29) is 0 Å². The molecule has 1 heterocycles. The minimum absolute atomic E-state index is 0.758. The maximum Gasteiger partial charge on any atom is 0.109 e. The van der Waals surface area contributed by atoms with Crippen molar-refractivity contribution < 1.29 is 0 Å². The fourth-order valence-corrected chi connectivity index (χ4v) is 2.76. The molecule has 0 aliphatic carbocycles. The van der Waals surface area contributed by atoms with Gasteiger partial charge in [-0.2, -0.15) is 0 Å². The number of halogens is 1. The molecule has 1 aromatic heterocycles. The Morgan fingerprint density at radius 3 is 2.75 bits per heavy atom. The molecular formula is C16H24ClN3. The molecule has 0 amide bonds. The van der Waals surface area contributed by atoms with Crippen molar-refractivity contribution in [3.8, 4) is 0 Å². The number of nitrogens with zero attached hydrogens (tertiary/aromatic N) is 2. The Hall–Kier alpha value is -1.06. The first-order valence-electron chi connectivity index (χ1n) is 7.61. The molecule has 1 aromatic carbocycles. The van der Waals surface area contributed by atoms with Crippen LogP contribution in [0.1, 0.15) is 44.9 Å². The molecule has 0 saturated carbocycles. The number of fused-ring (bicyclic) bond motifs is 1. The first-order chi connectivity index (χ1) is 9.76. The number of nitrogens with two attached hydrogens (primary N) is 1. The van der Waals surface area contributed by atoms with Gasteiger partial charge in [0.2, 0.25) is 0 Å². The predicted octanol–water partition coefficient (Wildman–Crippen LogP) is 4.16. The number of unbranched alkanes of at least 4 members (excludes halogenated alkanes) is 3. The van der Waals surface area contributed by atoms with Crippen molar-refractivity contribution in [1.82, 2.24) is 9.55 Å². The Bertz CT molecular complexity index is 548. The lowest BCUT2D eigenvalue weighted by Crippen LogP contribution is -2.04. The van der Waals surface area contributed by atoms with E-state index < -0.39 is 0 Å². The summed E-state index contributed by atoms with van der Waals surface area (Å²) in [5.41, 5.74) is 7.74. The highest BCUT2D eigenvalue weighted by atomic mass is 35.5. The van der Waals surface area contributed by atoms with Crippen LogP contribution in [0, 0.1) is 0 Å². The lowest BCUT2D eigenvalue weighted by Gasteiger charge is -2.07. The highest BCUT2D eigenvalue weighted by Gasteiger charge is 2.10. The van der Waals surface area contributed by atoms with Crippen LogP contribution in [0.25, 0.3) is 11.0 Å². The maximum absolute atomic E-state index is 6.06. The zero-order chi connectivity index (χ0) is 14.4. The molecule has 2 rings (SSSR count). The topological polar surface area (TPSA) is 43.8 Å². The van der Waals surface area contributed by atoms with E-state index in [1.807, 2.05) is 12.1 Å². The number of aryl methyl sites for hydroxylation is 2. The average Bonchev–Trinajstić information content (AvgIpc) is 2.76. The van der Waals surface area contributed by atoms with E-state index in [0.717, 1.165) is 42.9 Å². The van der Waals surface area contributed by atoms with Gasteiger partial charge in [0.1, 0.15) is 5.82 Å². The third-order valence-corrected chi connectivity index (χ3v) is 3.83. The zero-order valence-electron chi connectivity index (χ0n) is 12.2. The summed E-state index contributed by atoms with van der Waals surface area (Å²) in [5, 5.41) is 0.758. The van der Waals surface area contributed by atoms with E-state index >= 15 is 0 Å². The number of aromatic nitrogens is 2. The summed E-state index contributed by atoms with van der Waals surface area (Å²) in [7, 11) is 0. The van der Waals surface area contributed by atoms with Gasteiger partial charge in [0.25, 0.3) is 0 Å². The van der Waals surface area contributed by atoms with Gasteiger partial charge in [0.15, 0.2) is 0 Å². The van der Waals surface area contributed by atoms with E-state index in [1.54, 1.807) is 0 Å². The van der Waals surface area contributed by atoms with E-state index in [2.05, 4.69) is 17.6 Å². The third kappa shape index (κ3) is 3.74. The Morgan fingerprint density at radius 2 is 2.00 bits per heavy atom. The molecule has 0 bridgehead atoms. The van der Waals surface area contributed by atoms with Crippen molar-refractivity contribution in [2.24, 2.45) is 5.73 Å². The molecule has 0 aliphatic heterocycles. The first kappa shape index (κ1) is 15.3. The van der Waals surface area contributed by atoms with Gasteiger partial charge < -0.3 is 10.3 Å². The number of rotatable bonds is 8. The minimum atomic E-state index is 0.758. The third-order valence-electron chi connectivity index (χ3n) is 3.59. The van der Waals surface area contributed by atoms with Crippen molar-refractivity contribution in [2.45, 2.75) is 52.0 Å². The molecule has 0 radical (unpaired) electrons. The van der Waals surface area contributed by atoms with Crippen LogP contribution in [0.5, 0.6) is 0 Å². The molecule has 0 aliphatic rings. The van der Waals surface area contributed by atoms with Gasteiger partial charge in [0.05, 0.1) is 11.0 Å². The largest absolute Gasteiger partial charge is 0.330 e. The van der Waals surface area contributed by atoms with Crippen molar-refractivity contribution in [1.29, 1.82) is 0 Å². The van der Waals surface area contributed by atoms with Crippen molar-refractivity contribution in [3.63, 3.8) is 0 Å². The first-order valence-corrected chi connectivity index (χ1v) is 7.98. The lowest BCUT2D eigenvalue weighted by atomic mass is 10.1. The molecule has 4 heteroatoms. The van der Waals surface area contributed by atoms with Crippen molar-refractivity contribution >= 4 is 22.6 Å². The van der Waals surface area contributed by atoms with Gasteiger partial charge in [-0.1, -0.05) is 31.4 Å². The van der Waals surface area contributed by atoms with E-state index in [1.165, 1.54) is 30.6 Å². The maximum atomic E-state index is 6.06. The molecule has 2 aromatic rings. The quantitative estimate of drug-likeness (QED) is 0.743. The zero-order valence-corrected chi connectivity index (χ0v) is 13.0. The van der Waals surface area contributed by atoms with Gasteiger partial charge >= 0.3 is 0 Å². The second-order valence-corrected chi connectivity index (χ2v) is 5.70. The number of imidazole rings is 1. The monoisotopic (exact) mass is 293 g/mol. The van der Waals surface area contributed by atoms with Gasteiger partial charge in [-0.05, 0) is 44.0 Å². The number of hydrogen-bond acceptors (Lipinski definition) is 2. The summed E-state index contributed by atoms with van der Waals surface area (Å²) in [5.74, 6) is 1.19. The molecule has 0 unspecified atom stereocenters. The fraction of sp³-hybridized carbons (Fsp3) is 0.562. The van der Waals surface area contributed by atoms with Gasteiger partial charge in [-0.15, -0.1) is 0 Å². The minimum Gasteiger partial charge on any atom is -0.330 e. The molecule has 0 atom stereocenters. The van der Waals surface area contributed by atoms with Crippen LogP contribution in [0.3, 0.4) is 0 Å². The van der Waals surface area contributed by atoms with Crippen molar-refractivity contribution in [2.75, 3.05) is 6.54 Å². The predicted molar refractivity (Wildman–Crippen MR) is 86.3 cm³/mol. The fourth-order valence-electron chi connectivity index (χ4n) is 2.60. The second kappa shape index (κ2) is 7.65. The lowest BCUT2D eigenvalue weighted by molar-refractivity contribution is 0.601. The number of benzene rings is 1. The van der Waals surface area contributed by atoms with E-state index in [4.69, 9.17) is 22.3 Å². The van der Waals surface area contributed by atoms with Crippen LogP contribution in [-0.4, -0.2) is 16.1 Å². The Labute approximate surface area is 126 Å². The molecular weight excluding hydrogens is 270 g/mol. The van der Waals surface area contributed by atoms with Gasteiger partial charge in [0, 0.05) is 18.0 Å². The summed E-state index contributed by atoms with van der Waals surface area (Å²) < 4.78 is 2.34. The smallest absolute Gasteiger partial charge is 0.109 e. The molecule has 0 fully saturated rings. The van der Waals surface area contributed by atoms with Crippen LogP contribution >= 0.6 is 11.6 Å². The highest BCUT2D eigenvalue weighted by molar-refractivity contribution is 6.31. The van der Waals surface area contributed by atoms with Gasteiger partial charge in [-0.25, -0.2) is 4.98 Å². The molecule has 2 N–H and O–H groups in total. The van der Waals surface area contributed by atoms with Crippen molar-refractivity contribution in [3.05, 3.63) is 29.0 Å². The highest BCUT2D eigenvalue weighted by Crippen LogP contribution is 2.22. The van der Waals surface area contributed by atoms with Crippen LogP contribution in [0.15, 0.2) is 18.2 Å². The van der Waals surface area contributed by atoms with Crippen LogP contribution < -0.4 is 5.73 Å². The normalized spacial score (nSPS) is 11.3. The van der Waals surface area contributed by atoms with Gasteiger partial charge in [-0.3, -0.25) is 0 Å². The van der Waals surface area contributed by atoms with E-state index in [9.17, 15) is 0 Å². The summed E-state index contributed by atoms with van der Waals surface area (Å²) in [4.78, 5) is 4.76. The Kier molecular flexibility index (Phi) is 5.86. The van der Waals surface area contributed by atoms with Crippen LogP contribution in [0.4, 0.5) is 0 Å². The SMILES string of the molecule is CCCn1c(CCCCCCN)nc2cc(Cl)ccc21. The molecule has 110 valence electrons. The second-order valence-electron chi connectivity index (χ2n) is 5.27. The average molecular weight is 294 g/mol. The summed E-state index contributed by atoms with van der Waals surface area (Å²) in [6.45, 7) is 4.02. The Morgan fingerprint density at radius 1 is 1.20 bits per heavy atom. The van der Waals surface area contributed by atoms with Crippen LogP contribution in [-0.2, 0) is 13.0 Å². The summed E-state index contributed by atoms with van der Waals surface area (Å²) >= 11 is 6.06. The summed E-state index contributed by atoms with van der Waals surface area (Å²) in [6.07, 6.45) is 6.91. The molecule has 0 saturated heterocycles. The van der Waals surface area contributed by atoms with Crippen LogP contribution in [0.2, 0.25) is 5.02 Å². The van der Waals surface area contributed by atoms with E-state index in [0.29, 0.717) is 0 Å². The Balaban J connectivity index is 2.12. The molecule has 0 spiro atoms. The number of hydrogen-bond donors (Lipinski definition) is 1.